The molecule has 0 aliphatic rings. The summed E-state index contributed by atoms with van der Waals surface area (Å²) in [6, 6.07) is 5.65. The van der Waals surface area contributed by atoms with Gasteiger partial charge in [0.25, 0.3) is 0 Å². The number of amides is 1. The lowest BCUT2D eigenvalue weighted by atomic mass is 10.2. The summed E-state index contributed by atoms with van der Waals surface area (Å²) in [6.45, 7) is 1.58. The number of thiol groups is 1. The smallest absolute Gasteiger partial charge is 0.237 e. The Morgan fingerprint density at radius 1 is 1.67 bits per heavy atom. The van der Waals surface area contributed by atoms with E-state index in [1.807, 2.05) is 0 Å². The molecule has 0 radical (unpaired) electrons. The fraction of sp³-hybridized carbons (Fsp3) is 0.200. The number of hydrogen-bond donors (Lipinski definition) is 2. The zero-order chi connectivity index (χ0) is 11.4. The monoisotopic (exact) mass is 224 g/mol. The van der Waals surface area contributed by atoms with Gasteiger partial charge in [0, 0.05) is 0 Å². The third kappa shape index (κ3) is 2.96. The van der Waals surface area contributed by atoms with Crippen LogP contribution in [0.25, 0.3) is 0 Å². The second kappa shape index (κ2) is 4.80. The molecular weight excluding hydrogens is 215 g/mol. The van der Waals surface area contributed by atoms with Crippen LogP contribution in [0, 0.1) is 17.1 Å². The number of halogens is 1. The quantitative estimate of drug-likeness (QED) is 0.754. The Labute approximate surface area is 92.3 Å². The van der Waals surface area contributed by atoms with Crippen molar-refractivity contribution in [1.29, 1.82) is 5.26 Å². The van der Waals surface area contributed by atoms with Crippen LogP contribution in [0.5, 0.6) is 0 Å². The van der Waals surface area contributed by atoms with Crippen LogP contribution in [0.15, 0.2) is 18.2 Å². The topological polar surface area (TPSA) is 52.9 Å². The van der Waals surface area contributed by atoms with Crippen LogP contribution in [-0.4, -0.2) is 11.2 Å². The molecule has 0 saturated heterocycles. The molecule has 1 rings (SSSR count). The van der Waals surface area contributed by atoms with E-state index in [4.69, 9.17) is 5.26 Å². The molecule has 1 unspecified atom stereocenters. The second-order valence-corrected chi connectivity index (χ2v) is 3.75. The summed E-state index contributed by atoms with van der Waals surface area (Å²) in [5, 5.41) is 10.4. The maximum Gasteiger partial charge on any atom is 0.237 e. The molecule has 3 nitrogen and oxygen atoms in total. The molecule has 15 heavy (non-hydrogen) atoms. The highest BCUT2D eigenvalue weighted by Crippen LogP contribution is 2.15. The van der Waals surface area contributed by atoms with Gasteiger partial charge in [-0.2, -0.15) is 17.9 Å². The average Bonchev–Trinajstić information content (AvgIpc) is 2.20. The number of anilines is 1. The highest BCUT2D eigenvalue weighted by Gasteiger charge is 2.11. The lowest BCUT2D eigenvalue weighted by Gasteiger charge is -2.07. The Kier molecular flexibility index (Phi) is 3.69. The number of benzene rings is 1. The van der Waals surface area contributed by atoms with Gasteiger partial charge in [-0.3, -0.25) is 4.79 Å². The molecule has 1 atom stereocenters. The predicted molar refractivity (Wildman–Crippen MR) is 58.2 cm³/mol. The summed E-state index contributed by atoms with van der Waals surface area (Å²) in [4.78, 5) is 11.2. The normalized spacial score (nSPS) is 11.6. The van der Waals surface area contributed by atoms with Crippen molar-refractivity contribution in [3.8, 4) is 6.07 Å². The van der Waals surface area contributed by atoms with Gasteiger partial charge < -0.3 is 5.32 Å². The zero-order valence-electron chi connectivity index (χ0n) is 7.99. The van der Waals surface area contributed by atoms with E-state index in [1.54, 1.807) is 13.0 Å². The lowest BCUT2D eigenvalue weighted by Crippen LogP contribution is -2.21. The summed E-state index contributed by atoms with van der Waals surface area (Å²) < 4.78 is 13.3. The predicted octanol–water partition coefficient (Wildman–Crippen LogP) is 1.95. The van der Waals surface area contributed by atoms with Gasteiger partial charge in [0.05, 0.1) is 22.6 Å². The van der Waals surface area contributed by atoms with Crippen LogP contribution in [0.2, 0.25) is 0 Å². The van der Waals surface area contributed by atoms with Gasteiger partial charge in [-0.05, 0) is 25.1 Å². The maximum atomic E-state index is 13.3. The van der Waals surface area contributed by atoms with E-state index >= 15 is 0 Å². The van der Waals surface area contributed by atoms with E-state index in [0.717, 1.165) is 6.07 Å². The number of carbonyl (C=O) groups excluding carboxylic acids is 1. The minimum absolute atomic E-state index is 0.0555. The van der Waals surface area contributed by atoms with Gasteiger partial charge in [0.2, 0.25) is 5.91 Å². The van der Waals surface area contributed by atoms with E-state index in [-0.39, 0.29) is 17.2 Å². The summed E-state index contributed by atoms with van der Waals surface area (Å²) in [5.74, 6) is -1.02. The summed E-state index contributed by atoms with van der Waals surface area (Å²) in [7, 11) is 0. The second-order valence-electron chi connectivity index (χ2n) is 2.97. The van der Waals surface area contributed by atoms with Crippen LogP contribution >= 0.6 is 12.6 Å². The Morgan fingerprint density at radius 3 is 2.80 bits per heavy atom. The van der Waals surface area contributed by atoms with Crippen molar-refractivity contribution >= 4 is 24.2 Å². The van der Waals surface area contributed by atoms with Crippen LogP contribution in [0.4, 0.5) is 10.1 Å². The largest absolute Gasteiger partial charge is 0.323 e. The summed E-state index contributed by atoms with van der Waals surface area (Å²) in [5.41, 5.74) is 0.268. The first-order chi connectivity index (χ1) is 7.04. The molecule has 0 aromatic heterocycles. The standard InChI is InChI=1S/C10H9FN2OS/c1-6(15)10(14)13-9-3-2-7(5-12)4-8(9)11/h2-4,6,15H,1H3,(H,13,14). The van der Waals surface area contributed by atoms with Crippen LogP contribution < -0.4 is 5.32 Å². The molecule has 78 valence electrons. The maximum absolute atomic E-state index is 13.3. The van der Waals surface area contributed by atoms with Crippen molar-refractivity contribution in [2.75, 3.05) is 5.32 Å². The molecule has 1 amide bonds. The van der Waals surface area contributed by atoms with Crippen molar-refractivity contribution in [2.45, 2.75) is 12.2 Å². The zero-order valence-corrected chi connectivity index (χ0v) is 8.88. The molecule has 0 heterocycles. The lowest BCUT2D eigenvalue weighted by molar-refractivity contribution is -0.115. The molecular formula is C10H9FN2OS. The molecule has 0 aliphatic carbocycles. The number of rotatable bonds is 2. The fourth-order valence-corrected chi connectivity index (χ4v) is 0.988. The van der Waals surface area contributed by atoms with Crippen LogP contribution in [0.3, 0.4) is 0 Å². The van der Waals surface area contributed by atoms with Gasteiger partial charge in [0.1, 0.15) is 5.82 Å². The van der Waals surface area contributed by atoms with Crippen molar-refractivity contribution in [3.63, 3.8) is 0 Å². The van der Waals surface area contributed by atoms with Gasteiger partial charge in [-0.1, -0.05) is 0 Å². The Bertz CT molecular complexity index is 426. The Morgan fingerprint density at radius 2 is 2.33 bits per heavy atom. The van der Waals surface area contributed by atoms with Gasteiger partial charge in [-0.15, -0.1) is 0 Å². The van der Waals surface area contributed by atoms with Crippen LogP contribution in [0.1, 0.15) is 12.5 Å². The number of carbonyl (C=O) groups is 1. The van der Waals surface area contributed by atoms with Crippen molar-refractivity contribution in [3.05, 3.63) is 29.6 Å². The third-order valence-electron chi connectivity index (χ3n) is 1.74. The molecule has 1 N–H and O–H groups in total. The van der Waals surface area contributed by atoms with Gasteiger partial charge in [0.15, 0.2) is 0 Å². The molecule has 0 fully saturated rings. The molecule has 0 saturated carbocycles. The molecule has 0 aliphatic heterocycles. The minimum atomic E-state index is -0.628. The molecule has 1 aromatic carbocycles. The van der Waals surface area contributed by atoms with E-state index < -0.39 is 11.1 Å². The van der Waals surface area contributed by atoms with E-state index in [0.29, 0.717) is 0 Å². The van der Waals surface area contributed by atoms with Crippen molar-refractivity contribution in [1.82, 2.24) is 0 Å². The minimum Gasteiger partial charge on any atom is -0.323 e. The first-order valence-electron chi connectivity index (χ1n) is 4.23. The van der Waals surface area contributed by atoms with Gasteiger partial charge in [-0.25, -0.2) is 4.39 Å². The molecule has 1 aromatic rings. The number of nitrogens with one attached hydrogen (secondary N) is 1. The van der Waals surface area contributed by atoms with E-state index in [1.165, 1.54) is 12.1 Å². The Balaban J connectivity index is 2.89. The first-order valence-corrected chi connectivity index (χ1v) is 4.75. The fourth-order valence-electron chi connectivity index (χ4n) is 0.923. The molecule has 5 heteroatoms. The van der Waals surface area contributed by atoms with Crippen molar-refractivity contribution in [2.24, 2.45) is 0 Å². The summed E-state index contributed by atoms with van der Waals surface area (Å²) >= 11 is 3.91. The molecule has 0 bridgehead atoms. The highest BCUT2D eigenvalue weighted by atomic mass is 32.1. The van der Waals surface area contributed by atoms with E-state index in [2.05, 4.69) is 17.9 Å². The SMILES string of the molecule is CC(S)C(=O)Nc1ccc(C#N)cc1F. The number of hydrogen-bond acceptors (Lipinski definition) is 3. The Hall–Kier alpha value is -1.54. The average molecular weight is 224 g/mol. The number of nitriles is 1. The van der Waals surface area contributed by atoms with Gasteiger partial charge >= 0.3 is 0 Å². The molecule has 0 spiro atoms. The third-order valence-corrected chi connectivity index (χ3v) is 1.97. The van der Waals surface area contributed by atoms with Crippen LogP contribution in [-0.2, 0) is 4.79 Å². The highest BCUT2D eigenvalue weighted by molar-refractivity contribution is 7.81. The first kappa shape index (κ1) is 11.5. The summed E-state index contributed by atoms with van der Waals surface area (Å²) in [6.07, 6.45) is 0. The number of nitrogens with zero attached hydrogens (tertiary/aromatic N) is 1. The van der Waals surface area contributed by atoms with E-state index in [9.17, 15) is 9.18 Å². The van der Waals surface area contributed by atoms with Crippen molar-refractivity contribution < 1.29 is 9.18 Å².